The Morgan fingerprint density at radius 3 is 2.72 bits per heavy atom. The molecule has 3 aromatic rings. The van der Waals surface area contributed by atoms with Crippen molar-refractivity contribution in [1.29, 1.82) is 0 Å². The topological polar surface area (TPSA) is 56.2 Å². The molecule has 0 bridgehead atoms. The Bertz CT molecular complexity index is 672. The molecule has 4 nitrogen and oxygen atoms in total. The summed E-state index contributed by atoms with van der Waals surface area (Å²) in [5, 5.41) is 8.46. The Kier molecular flexibility index (Phi) is 2.78. The van der Waals surface area contributed by atoms with Crippen molar-refractivity contribution >= 4 is 5.65 Å². The summed E-state index contributed by atoms with van der Waals surface area (Å²) in [6.45, 7) is 0.633. The van der Waals surface area contributed by atoms with Crippen LogP contribution in [0.4, 0.5) is 0 Å². The largest absolute Gasteiger partial charge is 0.330 e. The average molecular weight is 238 g/mol. The van der Waals surface area contributed by atoms with E-state index in [2.05, 4.69) is 22.3 Å². The Labute approximate surface area is 105 Å². The van der Waals surface area contributed by atoms with Crippen molar-refractivity contribution < 1.29 is 0 Å². The summed E-state index contributed by atoms with van der Waals surface area (Å²) < 4.78 is 2.00. The average Bonchev–Trinajstić information content (AvgIpc) is 2.84. The molecular formula is C14H14N4. The molecule has 2 N–H and O–H groups in total. The molecule has 4 heteroatoms. The number of hydrogen-bond acceptors (Lipinski definition) is 3. The lowest BCUT2D eigenvalue weighted by atomic mass is 10.0. The lowest BCUT2D eigenvalue weighted by Crippen LogP contribution is -2.04. The van der Waals surface area contributed by atoms with E-state index in [1.54, 1.807) is 0 Å². The molecule has 0 atom stereocenters. The Balaban J connectivity index is 2.20. The number of benzene rings is 1. The summed E-state index contributed by atoms with van der Waals surface area (Å²) in [5.74, 6) is 0.870. The van der Waals surface area contributed by atoms with Crippen molar-refractivity contribution in [3.63, 3.8) is 0 Å². The fraction of sp³-hybridized carbons (Fsp3) is 0.143. The van der Waals surface area contributed by atoms with Crippen LogP contribution in [0.15, 0.2) is 48.7 Å². The third kappa shape index (κ3) is 1.76. The van der Waals surface area contributed by atoms with Crippen LogP contribution in [0, 0.1) is 0 Å². The third-order valence-electron chi connectivity index (χ3n) is 2.99. The summed E-state index contributed by atoms with van der Waals surface area (Å²) in [6.07, 6.45) is 2.82. The van der Waals surface area contributed by atoms with Gasteiger partial charge in [0.1, 0.15) is 0 Å². The van der Waals surface area contributed by atoms with E-state index >= 15 is 0 Å². The maximum Gasteiger partial charge on any atom is 0.168 e. The zero-order chi connectivity index (χ0) is 12.4. The first kappa shape index (κ1) is 10.9. The lowest BCUT2D eigenvalue weighted by Gasteiger charge is -2.06. The molecule has 3 rings (SSSR count). The summed E-state index contributed by atoms with van der Waals surface area (Å²) in [4.78, 5) is 0. The van der Waals surface area contributed by atoms with E-state index in [4.69, 9.17) is 5.73 Å². The highest BCUT2D eigenvalue weighted by molar-refractivity contribution is 5.63. The molecule has 0 aliphatic heterocycles. The molecular weight excluding hydrogens is 224 g/mol. The van der Waals surface area contributed by atoms with Crippen molar-refractivity contribution in [3.05, 3.63) is 54.2 Å². The number of hydrogen-bond donors (Lipinski definition) is 1. The van der Waals surface area contributed by atoms with Gasteiger partial charge < -0.3 is 5.73 Å². The van der Waals surface area contributed by atoms with Crippen molar-refractivity contribution in [2.24, 2.45) is 5.73 Å². The van der Waals surface area contributed by atoms with Gasteiger partial charge in [-0.2, -0.15) is 0 Å². The van der Waals surface area contributed by atoms with Gasteiger partial charge in [0, 0.05) is 11.8 Å². The van der Waals surface area contributed by atoms with Gasteiger partial charge in [-0.05, 0) is 30.7 Å². The molecule has 90 valence electrons. The van der Waals surface area contributed by atoms with E-state index in [0.29, 0.717) is 6.54 Å². The SMILES string of the molecule is NCCc1ccccc1-c1nnc2ccccn12. The fourth-order valence-electron chi connectivity index (χ4n) is 2.14. The van der Waals surface area contributed by atoms with Crippen LogP contribution in [-0.2, 0) is 6.42 Å². The molecule has 0 fully saturated rings. The van der Waals surface area contributed by atoms with Crippen LogP contribution in [0.25, 0.3) is 17.0 Å². The summed E-state index contributed by atoms with van der Waals surface area (Å²) in [6, 6.07) is 14.1. The number of aromatic nitrogens is 3. The Morgan fingerprint density at radius 1 is 1.00 bits per heavy atom. The van der Waals surface area contributed by atoms with Crippen LogP contribution in [0.5, 0.6) is 0 Å². The second-order valence-corrected chi connectivity index (χ2v) is 4.15. The second-order valence-electron chi connectivity index (χ2n) is 4.15. The van der Waals surface area contributed by atoms with E-state index in [9.17, 15) is 0 Å². The zero-order valence-corrected chi connectivity index (χ0v) is 9.95. The molecule has 0 aliphatic rings. The van der Waals surface area contributed by atoms with Crippen molar-refractivity contribution in [1.82, 2.24) is 14.6 Å². The number of rotatable bonds is 3. The van der Waals surface area contributed by atoms with Gasteiger partial charge in [0.05, 0.1) is 0 Å². The van der Waals surface area contributed by atoms with Gasteiger partial charge in [0.2, 0.25) is 0 Å². The smallest absolute Gasteiger partial charge is 0.168 e. The quantitative estimate of drug-likeness (QED) is 0.758. The van der Waals surface area contributed by atoms with Crippen molar-refractivity contribution in [2.45, 2.75) is 6.42 Å². The predicted octanol–water partition coefficient (Wildman–Crippen LogP) is 1.90. The monoisotopic (exact) mass is 238 g/mol. The van der Waals surface area contributed by atoms with Gasteiger partial charge in [0.15, 0.2) is 11.5 Å². The maximum absolute atomic E-state index is 5.65. The van der Waals surface area contributed by atoms with E-state index in [1.807, 2.05) is 40.9 Å². The summed E-state index contributed by atoms with van der Waals surface area (Å²) in [7, 11) is 0. The van der Waals surface area contributed by atoms with E-state index in [0.717, 1.165) is 23.5 Å². The molecule has 0 amide bonds. The van der Waals surface area contributed by atoms with Crippen LogP contribution in [0.1, 0.15) is 5.56 Å². The van der Waals surface area contributed by atoms with Gasteiger partial charge in [-0.15, -0.1) is 10.2 Å². The first-order valence-corrected chi connectivity index (χ1v) is 5.98. The minimum absolute atomic E-state index is 0.633. The van der Waals surface area contributed by atoms with Crippen LogP contribution >= 0.6 is 0 Å². The second kappa shape index (κ2) is 4.58. The van der Waals surface area contributed by atoms with Gasteiger partial charge >= 0.3 is 0 Å². The molecule has 2 aromatic heterocycles. The summed E-state index contributed by atoms with van der Waals surface area (Å²) >= 11 is 0. The third-order valence-corrected chi connectivity index (χ3v) is 2.99. The number of fused-ring (bicyclic) bond motifs is 1. The molecule has 0 radical (unpaired) electrons. The minimum atomic E-state index is 0.633. The molecule has 2 heterocycles. The molecule has 0 unspecified atom stereocenters. The Morgan fingerprint density at radius 2 is 1.83 bits per heavy atom. The van der Waals surface area contributed by atoms with Gasteiger partial charge in [-0.1, -0.05) is 30.3 Å². The standard InChI is InChI=1S/C14H14N4/c15-9-8-11-5-1-2-6-12(11)14-17-16-13-7-3-4-10-18(13)14/h1-7,10H,8-9,15H2. The highest BCUT2D eigenvalue weighted by Gasteiger charge is 2.10. The van der Waals surface area contributed by atoms with Gasteiger partial charge in [-0.3, -0.25) is 4.40 Å². The van der Waals surface area contributed by atoms with E-state index < -0.39 is 0 Å². The normalized spacial score (nSPS) is 10.9. The maximum atomic E-state index is 5.65. The van der Waals surface area contributed by atoms with Crippen LogP contribution in [-0.4, -0.2) is 21.1 Å². The van der Waals surface area contributed by atoms with E-state index in [1.165, 1.54) is 5.56 Å². The van der Waals surface area contributed by atoms with Crippen molar-refractivity contribution in [3.8, 4) is 11.4 Å². The molecule has 1 aromatic carbocycles. The van der Waals surface area contributed by atoms with Crippen LogP contribution < -0.4 is 5.73 Å². The number of nitrogens with zero attached hydrogens (tertiary/aromatic N) is 3. The predicted molar refractivity (Wildman–Crippen MR) is 71.2 cm³/mol. The highest BCUT2D eigenvalue weighted by Crippen LogP contribution is 2.22. The molecule has 0 saturated carbocycles. The molecule has 0 saturated heterocycles. The summed E-state index contributed by atoms with van der Waals surface area (Å²) in [5.41, 5.74) is 8.81. The fourth-order valence-corrected chi connectivity index (χ4v) is 2.14. The van der Waals surface area contributed by atoms with E-state index in [-0.39, 0.29) is 0 Å². The highest BCUT2D eigenvalue weighted by atomic mass is 15.2. The van der Waals surface area contributed by atoms with Crippen molar-refractivity contribution in [2.75, 3.05) is 6.54 Å². The first-order chi connectivity index (χ1) is 8.90. The first-order valence-electron chi connectivity index (χ1n) is 5.98. The zero-order valence-electron chi connectivity index (χ0n) is 9.95. The number of nitrogens with two attached hydrogens (primary N) is 1. The molecule has 0 spiro atoms. The molecule has 0 aliphatic carbocycles. The molecule has 18 heavy (non-hydrogen) atoms. The minimum Gasteiger partial charge on any atom is -0.330 e. The lowest BCUT2D eigenvalue weighted by molar-refractivity contribution is 0.964. The van der Waals surface area contributed by atoms with Crippen LogP contribution in [0.3, 0.4) is 0 Å². The van der Waals surface area contributed by atoms with Crippen LogP contribution in [0.2, 0.25) is 0 Å². The van der Waals surface area contributed by atoms with Gasteiger partial charge in [-0.25, -0.2) is 0 Å². The van der Waals surface area contributed by atoms with Gasteiger partial charge in [0.25, 0.3) is 0 Å². The number of pyridine rings is 1. The Hall–Kier alpha value is -2.20.